The molecule has 8 rings (SSSR count). The zero-order valence-electron chi connectivity index (χ0n) is 35.8. The monoisotopic (exact) mass is 876 g/mol. The molecule has 1 aromatic heterocycles. The van der Waals surface area contributed by atoms with Gasteiger partial charge in [-0.05, 0) is 70.8 Å². The fourth-order valence-electron chi connectivity index (χ4n) is 7.81. The minimum absolute atomic E-state index is 0.0336. The molecular weight excluding hydrogens is 825 g/mol. The normalized spacial score (nSPS) is 18.5. The lowest BCUT2D eigenvalue weighted by atomic mass is 9.98. The maximum atomic E-state index is 14.7. The number of hydrogen-bond donors (Lipinski definition) is 7. The van der Waals surface area contributed by atoms with E-state index in [1.807, 2.05) is 109 Å². The number of aryl methyl sites for hydroxylation is 1. The number of carboxylic acid groups (broad SMARTS) is 1. The molecule has 7 N–H and O–H groups in total. The maximum absolute atomic E-state index is 14.7. The van der Waals surface area contributed by atoms with Crippen LogP contribution in [0.5, 0.6) is 5.75 Å². The number of para-hydroxylation sites is 1. The van der Waals surface area contributed by atoms with E-state index < -0.39 is 66.3 Å². The number of aromatic amines is 1. The van der Waals surface area contributed by atoms with E-state index in [1.165, 1.54) is 0 Å². The van der Waals surface area contributed by atoms with Crippen molar-refractivity contribution < 1.29 is 38.6 Å². The lowest BCUT2D eigenvalue weighted by Crippen LogP contribution is -2.59. The Bertz CT molecular complexity index is 2580. The number of rotatable bonds is 13. The third-order valence-corrected chi connectivity index (χ3v) is 11.3. The van der Waals surface area contributed by atoms with Crippen molar-refractivity contribution in [3.63, 3.8) is 0 Å². The van der Waals surface area contributed by atoms with Crippen molar-refractivity contribution in [1.29, 1.82) is 0 Å². The van der Waals surface area contributed by atoms with Crippen LogP contribution in [-0.2, 0) is 54.5 Å². The molecule has 5 amide bonds. The van der Waals surface area contributed by atoms with Crippen LogP contribution in [0.2, 0.25) is 0 Å². The summed E-state index contributed by atoms with van der Waals surface area (Å²) in [6, 6.07) is 36.5. The van der Waals surface area contributed by atoms with E-state index >= 15 is 0 Å². The van der Waals surface area contributed by atoms with E-state index in [9.17, 15) is 28.8 Å². The molecule has 0 spiro atoms. The van der Waals surface area contributed by atoms with Gasteiger partial charge in [0, 0.05) is 49.3 Å². The Hall–Kier alpha value is -7.74. The van der Waals surface area contributed by atoms with Gasteiger partial charge in [0.2, 0.25) is 23.6 Å². The minimum Gasteiger partial charge on any atom is -0.484 e. The molecule has 6 aromatic rings. The number of carbonyl (C=O) groups excluding carboxylic acids is 5. The largest absolute Gasteiger partial charge is 0.484 e. The molecule has 2 bridgehead atoms. The summed E-state index contributed by atoms with van der Waals surface area (Å²) in [7, 11) is 0. The van der Waals surface area contributed by atoms with Crippen LogP contribution in [0.15, 0.2) is 140 Å². The van der Waals surface area contributed by atoms with Crippen molar-refractivity contribution in [3.8, 4) is 16.9 Å². The summed E-state index contributed by atoms with van der Waals surface area (Å²) >= 11 is 0. The molecule has 2 aliphatic rings. The first-order valence-electron chi connectivity index (χ1n) is 21.7. The van der Waals surface area contributed by atoms with Gasteiger partial charge in [-0.25, -0.2) is 0 Å². The van der Waals surface area contributed by atoms with Gasteiger partial charge in [-0.2, -0.15) is 0 Å². The van der Waals surface area contributed by atoms with E-state index in [1.54, 1.807) is 30.5 Å². The number of carboxylic acids is 1. The first-order chi connectivity index (χ1) is 31.6. The van der Waals surface area contributed by atoms with E-state index in [4.69, 9.17) is 9.84 Å². The molecule has 5 aromatic carbocycles. The summed E-state index contributed by atoms with van der Waals surface area (Å²) in [5.74, 6) is -3.66. The zero-order chi connectivity index (χ0) is 45.5. The average Bonchev–Trinajstić information content (AvgIpc) is 3.73. The molecule has 0 saturated carbocycles. The highest BCUT2D eigenvalue weighted by Gasteiger charge is 2.32. The summed E-state index contributed by atoms with van der Waals surface area (Å²) in [6.07, 6.45) is 2.52. The Morgan fingerprint density at radius 3 is 2.00 bits per heavy atom. The first kappa shape index (κ1) is 45.3. The van der Waals surface area contributed by atoms with Crippen LogP contribution in [0.4, 0.5) is 0 Å². The molecule has 0 fully saturated rings. The van der Waals surface area contributed by atoms with Crippen LogP contribution in [-0.4, -0.2) is 82.9 Å². The number of carbonyl (C=O) groups is 6. The highest BCUT2D eigenvalue weighted by atomic mass is 16.5. The molecule has 3 heterocycles. The van der Waals surface area contributed by atoms with E-state index in [0.29, 0.717) is 17.7 Å². The minimum atomic E-state index is -1.22. The number of aliphatic carboxylic acids is 1. The second-order valence-electron chi connectivity index (χ2n) is 16.1. The Morgan fingerprint density at radius 1 is 0.646 bits per heavy atom. The number of fused-ring (bicyclic) bond motifs is 17. The molecular formula is C51H52N6O8. The van der Waals surface area contributed by atoms with Gasteiger partial charge < -0.3 is 41.4 Å². The average molecular weight is 877 g/mol. The Labute approximate surface area is 376 Å². The fourth-order valence-corrected chi connectivity index (χ4v) is 7.81. The van der Waals surface area contributed by atoms with Gasteiger partial charge in [-0.15, -0.1) is 0 Å². The molecule has 4 unspecified atom stereocenters. The van der Waals surface area contributed by atoms with Crippen molar-refractivity contribution >= 4 is 46.4 Å². The van der Waals surface area contributed by atoms with Gasteiger partial charge in [0.1, 0.15) is 29.9 Å². The van der Waals surface area contributed by atoms with Gasteiger partial charge in [-0.3, -0.25) is 28.8 Å². The number of amides is 5. The lowest BCUT2D eigenvalue weighted by Gasteiger charge is -2.27. The zero-order valence-corrected chi connectivity index (χ0v) is 35.8. The number of hydrogen-bond acceptors (Lipinski definition) is 7. The molecule has 14 nitrogen and oxygen atoms in total. The predicted molar refractivity (Wildman–Crippen MR) is 246 cm³/mol. The van der Waals surface area contributed by atoms with Gasteiger partial charge in [0.25, 0.3) is 5.91 Å². The topological polar surface area (TPSA) is 208 Å². The smallest absolute Gasteiger partial charge is 0.303 e. The highest BCUT2D eigenvalue weighted by molar-refractivity contribution is 5.96. The molecule has 0 radical (unpaired) electrons. The summed E-state index contributed by atoms with van der Waals surface area (Å²) in [6.45, 7) is -0.356. The van der Waals surface area contributed by atoms with Gasteiger partial charge in [0.05, 0.1) is 0 Å². The maximum Gasteiger partial charge on any atom is 0.303 e. The lowest BCUT2D eigenvalue weighted by molar-refractivity contribution is -0.137. The third-order valence-electron chi connectivity index (χ3n) is 11.3. The molecule has 2 aliphatic heterocycles. The van der Waals surface area contributed by atoms with Gasteiger partial charge in [0.15, 0.2) is 6.61 Å². The molecule has 334 valence electrons. The van der Waals surface area contributed by atoms with Crippen LogP contribution >= 0.6 is 0 Å². The van der Waals surface area contributed by atoms with E-state index in [-0.39, 0.29) is 45.1 Å². The van der Waals surface area contributed by atoms with Crippen LogP contribution in [0, 0.1) is 0 Å². The summed E-state index contributed by atoms with van der Waals surface area (Å²) in [5.41, 5.74) is 5.89. The van der Waals surface area contributed by atoms with Gasteiger partial charge in [-0.1, -0.05) is 115 Å². The third kappa shape index (κ3) is 12.9. The van der Waals surface area contributed by atoms with Crippen molar-refractivity contribution in [2.24, 2.45) is 0 Å². The molecule has 65 heavy (non-hydrogen) atoms. The predicted octanol–water partition coefficient (Wildman–Crippen LogP) is 4.81. The van der Waals surface area contributed by atoms with Crippen molar-refractivity contribution in [2.75, 3.05) is 13.2 Å². The second kappa shape index (κ2) is 22.1. The van der Waals surface area contributed by atoms with Crippen LogP contribution in [0.1, 0.15) is 41.5 Å². The quantitative estimate of drug-likeness (QED) is 0.0632. The number of H-pyrrole nitrogens is 1. The standard InChI is InChI=1S/C51H52N6O8/c58-46-32-65-39-24-19-35(20-25-39)28-43(48(61)52-27-9-16-47(59)60)56-49(62)42(26-21-33-10-3-1-4-11-33)55-50(63)44(29-34-17-22-37(23-18-34)36-12-5-2-6-13-36)57-51(64)45(54-46)30-38-31-53-41-15-8-7-14-40(38)41/h1-8,10-15,17-20,22-25,31,42-45,53H,9,16,21,26-30,32H2,(H,52,61)(H,54,58)(H,55,63)(H,56,62)(H,57,64)(H,59,60). The van der Waals surface area contributed by atoms with Crippen LogP contribution < -0.4 is 31.3 Å². The van der Waals surface area contributed by atoms with Crippen molar-refractivity contribution in [3.05, 3.63) is 162 Å². The molecule has 14 heteroatoms. The number of ether oxygens (including phenoxy) is 1. The van der Waals surface area contributed by atoms with E-state index in [2.05, 4.69) is 31.6 Å². The Kier molecular flexibility index (Phi) is 15.4. The summed E-state index contributed by atoms with van der Waals surface area (Å²) in [5, 5.41) is 24.3. The van der Waals surface area contributed by atoms with Crippen molar-refractivity contribution in [1.82, 2.24) is 31.6 Å². The SMILES string of the molecule is O=C(O)CCCNC(=O)C1Cc2ccc(cc2)OCC(=O)NC(Cc2c[nH]c3ccccc23)C(=O)NC(Cc2ccc(-c3ccccc3)cc2)C(=O)NC(CCc2ccccc2)C(=O)N1. The number of nitrogens with one attached hydrogen (secondary N) is 6. The van der Waals surface area contributed by atoms with Crippen molar-refractivity contribution in [2.45, 2.75) is 69.1 Å². The molecule has 4 atom stereocenters. The number of benzene rings is 5. The summed E-state index contributed by atoms with van der Waals surface area (Å²) < 4.78 is 5.83. The summed E-state index contributed by atoms with van der Waals surface area (Å²) in [4.78, 5) is 85.3. The first-order valence-corrected chi connectivity index (χ1v) is 21.7. The van der Waals surface area contributed by atoms with E-state index in [0.717, 1.165) is 38.7 Å². The number of aromatic nitrogens is 1. The fraction of sp³-hybridized carbons (Fsp3) is 0.255. The van der Waals surface area contributed by atoms with Gasteiger partial charge >= 0.3 is 5.97 Å². The second-order valence-corrected chi connectivity index (χ2v) is 16.1. The Morgan fingerprint density at radius 2 is 1.28 bits per heavy atom. The molecule has 0 saturated heterocycles. The Balaban J connectivity index is 1.22. The van der Waals surface area contributed by atoms with Crippen LogP contribution in [0.25, 0.3) is 22.0 Å². The highest BCUT2D eigenvalue weighted by Crippen LogP contribution is 2.22. The molecule has 0 aliphatic carbocycles. The van der Waals surface area contributed by atoms with Crippen LogP contribution in [0.3, 0.4) is 0 Å².